The van der Waals surface area contributed by atoms with Gasteiger partial charge in [-0.1, -0.05) is 17.7 Å². The van der Waals surface area contributed by atoms with Gasteiger partial charge < -0.3 is 10.6 Å². The monoisotopic (exact) mass is 326 g/mol. The second-order valence-electron chi connectivity index (χ2n) is 6.44. The van der Waals surface area contributed by atoms with Gasteiger partial charge in [0.05, 0.1) is 5.69 Å². The fourth-order valence-electron chi connectivity index (χ4n) is 3.23. The van der Waals surface area contributed by atoms with Gasteiger partial charge in [-0.05, 0) is 64.8 Å². The minimum atomic E-state index is -0.0462. The molecule has 1 heterocycles. The zero-order valence-corrected chi connectivity index (χ0v) is 14.6. The van der Waals surface area contributed by atoms with Crippen molar-refractivity contribution in [3.8, 4) is 5.69 Å². The van der Waals surface area contributed by atoms with Gasteiger partial charge in [-0.3, -0.25) is 4.79 Å². The number of amides is 1. The van der Waals surface area contributed by atoms with Crippen LogP contribution in [0.4, 0.5) is 0 Å². The minimum absolute atomic E-state index is 0.0462. The van der Waals surface area contributed by atoms with Gasteiger partial charge in [0.15, 0.2) is 5.69 Å². The van der Waals surface area contributed by atoms with Crippen LogP contribution in [-0.4, -0.2) is 35.8 Å². The molecule has 1 aliphatic rings. The number of benzene rings is 1. The minimum Gasteiger partial charge on any atom is -0.351 e. The molecule has 0 saturated carbocycles. The first-order valence-electron chi connectivity index (χ1n) is 8.81. The van der Waals surface area contributed by atoms with Crippen LogP contribution in [0.15, 0.2) is 24.3 Å². The number of nitrogens with one attached hydrogen (secondary N) is 2. The molecule has 0 atom stereocenters. The molecule has 24 heavy (non-hydrogen) atoms. The van der Waals surface area contributed by atoms with Gasteiger partial charge in [0.25, 0.3) is 5.91 Å². The second-order valence-corrected chi connectivity index (χ2v) is 6.44. The van der Waals surface area contributed by atoms with Crippen molar-refractivity contribution < 1.29 is 4.79 Å². The summed E-state index contributed by atoms with van der Waals surface area (Å²) in [4.78, 5) is 12.6. The molecular formula is C19H26N4O. The molecule has 0 saturated heterocycles. The fraction of sp³-hybridized carbons (Fsp3) is 0.474. The first-order valence-corrected chi connectivity index (χ1v) is 8.81. The van der Waals surface area contributed by atoms with Crippen LogP contribution in [-0.2, 0) is 12.8 Å². The van der Waals surface area contributed by atoms with Gasteiger partial charge in [0.1, 0.15) is 0 Å². The van der Waals surface area contributed by atoms with Crippen LogP contribution in [0.3, 0.4) is 0 Å². The third-order valence-corrected chi connectivity index (χ3v) is 4.56. The highest BCUT2D eigenvalue weighted by Gasteiger charge is 2.25. The third-order valence-electron chi connectivity index (χ3n) is 4.56. The molecule has 1 aliphatic carbocycles. The number of hydrogen-bond donors (Lipinski definition) is 2. The van der Waals surface area contributed by atoms with Crippen LogP contribution in [0, 0.1) is 6.92 Å². The predicted octanol–water partition coefficient (Wildman–Crippen LogP) is 2.40. The maximum Gasteiger partial charge on any atom is 0.272 e. The molecule has 1 amide bonds. The Morgan fingerprint density at radius 1 is 1.17 bits per heavy atom. The Kier molecular flexibility index (Phi) is 5.30. The molecule has 5 heteroatoms. The van der Waals surface area contributed by atoms with Crippen molar-refractivity contribution >= 4 is 5.91 Å². The maximum atomic E-state index is 12.6. The van der Waals surface area contributed by atoms with E-state index in [-0.39, 0.29) is 5.91 Å². The molecule has 5 nitrogen and oxygen atoms in total. The molecule has 0 aliphatic heterocycles. The number of carbonyl (C=O) groups excluding carboxylic acids is 1. The van der Waals surface area contributed by atoms with Crippen LogP contribution in [0.5, 0.6) is 0 Å². The topological polar surface area (TPSA) is 58.9 Å². The molecule has 1 aromatic heterocycles. The zero-order chi connectivity index (χ0) is 16.9. The molecule has 0 radical (unpaired) electrons. The SMILES string of the molecule is CNCCCNC(=O)c1nn(-c2ccc(C)cc2)c2c1CCCC2. The van der Waals surface area contributed by atoms with Gasteiger partial charge in [-0.25, -0.2) is 4.68 Å². The first kappa shape index (κ1) is 16.7. The van der Waals surface area contributed by atoms with Crippen molar-refractivity contribution in [2.45, 2.75) is 39.0 Å². The summed E-state index contributed by atoms with van der Waals surface area (Å²) in [5, 5.41) is 10.8. The van der Waals surface area contributed by atoms with Crippen molar-refractivity contribution in [2.24, 2.45) is 0 Å². The number of fused-ring (bicyclic) bond motifs is 1. The van der Waals surface area contributed by atoms with Crippen LogP contribution >= 0.6 is 0 Å². The zero-order valence-electron chi connectivity index (χ0n) is 14.6. The van der Waals surface area contributed by atoms with Gasteiger partial charge in [0, 0.05) is 17.8 Å². The predicted molar refractivity (Wildman–Crippen MR) is 95.8 cm³/mol. The average molecular weight is 326 g/mol. The quantitative estimate of drug-likeness (QED) is 0.802. The van der Waals surface area contributed by atoms with E-state index < -0.39 is 0 Å². The summed E-state index contributed by atoms with van der Waals surface area (Å²) in [7, 11) is 1.92. The smallest absolute Gasteiger partial charge is 0.272 e. The number of hydrogen-bond acceptors (Lipinski definition) is 3. The van der Waals surface area contributed by atoms with E-state index in [4.69, 9.17) is 0 Å². The third kappa shape index (κ3) is 3.51. The molecule has 0 fully saturated rings. The van der Waals surface area contributed by atoms with Crippen LogP contribution < -0.4 is 10.6 Å². The van der Waals surface area contributed by atoms with Crippen molar-refractivity contribution in [1.82, 2.24) is 20.4 Å². The lowest BCUT2D eigenvalue weighted by Gasteiger charge is -2.14. The molecular weight excluding hydrogens is 300 g/mol. The molecule has 2 aromatic rings. The average Bonchev–Trinajstić information content (AvgIpc) is 2.99. The number of carbonyl (C=O) groups is 1. The summed E-state index contributed by atoms with van der Waals surface area (Å²) in [6, 6.07) is 8.32. The van der Waals surface area contributed by atoms with E-state index in [0.717, 1.165) is 49.9 Å². The normalized spacial score (nSPS) is 13.6. The van der Waals surface area contributed by atoms with E-state index in [9.17, 15) is 4.79 Å². The Bertz CT molecular complexity index is 703. The maximum absolute atomic E-state index is 12.6. The van der Waals surface area contributed by atoms with Crippen LogP contribution in [0.25, 0.3) is 5.69 Å². The highest BCUT2D eigenvalue weighted by atomic mass is 16.1. The van der Waals surface area contributed by atoms with E-state index >= 15 is 0 Å². The molecule has 3 rings (SSSR count). The number of aromatic nitrogens is 2. The molecule has 2 N–H and O–H groups in total. The summed E-state index contributed by atoms with van der Waals surface area (Å²) in [5.74, 6) is -0.0462. The van der Waals surface area contributed by atoms with E-state index in [1.807, 2.05) is 11.7 Å². The Hall–Kier alpha value is -2.14. The Balaban J connectivity index is 1.87. The van der Waals surface area contributed by atoms with E-state index in [1.165, 1.54) is 11.3 Å². The largest absolute Gasteiger partial charge is 0.351 e. The van der Waals surface area contributed by atoms with Gasteiger partial charge in [-0.2, -0.15) is 5.10 Å². The number of rotatable bonds is 6. The van der Waals surface area contributed by atoms with E-state index in [0.29, 0.717) is 12.2 Å². The van der Waals surface area contributed by atoms with Gasteiger partial charge in [0.2, 0.25) is 0 Å². The second kappa shape index (κ2) is 7.62. The van der Waals surface area contributed by atoms with Crippen molar-refractivity contribution in [3.05, 3.63) is 46.8 Å². The molecule has 0 bridgehead atoms. The number of aryl methyl sites for hydroxylation is 1. The van der Waals surface area contributed by atoms with E-state index in [1.54, 1.807) is 0 Å². The van der Waals surface area contributed by atoms with Crippen molar-refractivity contribution in [3.63, 3.8) is 0 Å². The van der Waals surface area contributed by atoms with Crippen LogP contribution in [0.2, 0.25) is 0 Å². The lowest BCUT2D eigenvalue weighted by atomic mass is 9.95. The van der Waals surface area contributed by atoms with E-state index in [2.05, 4.69) is 46.9 Å². The summed E-state index contributed by atoms with van der Waals surface area (Å²) < 4.78 is 1.97. The Morgan fingerprint density at radius 2 is 1.92 bits per heavy atom. The van der Waals surface area contributed by atoms with Crippen molar-refractivity contribution in [2.75, 3.05) is 20.1 Å². The van der Waals surface area contributed by atoms with Crippen LogP contribution in [0.1, 0.15) is 46.6 Å². The number of nitrogens with zero attached hydrogens (tertiary/aromatic N) is 2. The summed E-state index contributed by atoms with van der Waals surface area (Å²) in [5.41, 5.74) is 5.20. The van der Waals surface area contributed by atoms with Gasteiger partial charge in [-0.15, -0.1) is 0 Å². The molecule has 0 spiro atoms. The molecule has 128 valence electrons. The lowest BCUT2D eigenvalue weighted by molar-refractivity contribution is 0.0947. The highest BCUT2D eigenvalue weighted by Crippen LogP contribution is 2.27. The fourth-order valence-corrected chi connectivity index (χ4v) is 3.23. The molecule has 0 unspecified atom stereocenters. The summed E-state index contributed by atoms with van der Waals surface area (Å²) in [6.45, 7) is 3.65. The summed E-state index contributed by atoms with van der Waals surface area (Å²) in [6.07, 6.45) is 5.15. The van der Waals surface area contributed by atoms with Gasteiger partial charge >= 0.3 is 0 Å². The molecule has 1 aromatic carbocycles. The highest BCUT2D eigenvalue weighted by molar-refractivity contribution is 5.94. The summed E-state index contributed by atoms with van der Waals surface area (Å²) >= 11 is 0. The van der Waals surface area contributed by atoms with Crippen molar-refractivity contribution in [1.29, 1.82) is 0 Å². The Labute approximate surface area is 143 Å². The first-order chi connectivity index (χ1) is 11.7. The standard InChI is InChI=1S/C19H26N4O/c1-14-8-10-15(11-9-14)23-17-7-4-3-6-16(17)18(22-23)19(24)21-13-5-12-20-2/h8-11,20H,3-7,12-13H2,1-2H3,(H,21,24). The lowest BCUT2D eigenvalue weighted by Crippen LogP contribution is -2.28. The Morgan fingerprint density at radius 3 is 2.67 bits per heavy atom.